The van der Waals surface area contributed by atoms with Crippen LogP contribution in [0.2, 0.25) is 0 Å². The minimum absolute atomic E-state index is 0.314. The smallest absolute Gasteiger partial charge is 0.267 e. The van der Waals surface area contributed by atoms with Gasteiger partial charge in [0, 0.05) is 10.4 Å². The second-order valence-corrected chi connectivity index (χ2v) is 7.55. The van der Waals surface area contributed by atoms with Crippen LogP contribution < -0.4 is 4.90 Å². The van der Waals surface area contributed by atoms with Crippen molar-refractivity contribution in [3.63, 3.8) is 0 Å². The fourth-order valence-electron chi connectivity index (χ4n) is 3.24. The fraction of sp³-hybridized carbons (Fsp3) is 0.238. The lowest BCUT2D eigenvalue weighted by Crippen LogP contribution is -2.39. The Morgan fingerprint density at radius 3 is 2.26 bits per heavy atom. The molecule has 4 rings (SSSR count). The molecular weight excluding hydrogens is 366 g/mol. The summed E-state index contributed by atoms with van der Waals surface area (Å²) in [5.74, 6) is -4.94. The predicted octanol–water partition coefficient (Wildman–Crippen LogP) is 5.48. The summed E-state index contributed by atoms with van der Waals surface area (Å²) in [5, 5.41) is 0.314. The Morgan fingerprint density at radius 1 is 0.963 bits per heavy atom. The number of halogens is 2. The van der Waals surface area contributed by atoms with E-state index in [4.69, 9.17) is 0 Å². The number of nitrogens with zero attached hydrogens (tertiary/aromatic N) is 2. The first-order valence-electron chi connectivity index (χ1n) is 8.89. The number of hydrogen-bond donors (Lipinski definition) is 0. The number of thiazole rings is 1. The Morgan fingerprint density at radius 2 is 1.59 bits per heavy atom. The van der Waals surface area contributed by atoms with Crippen molar-refractivity contribution >= 4 is 28.1 Å². The van der Waals surface area contributed by atoms with Gasteiger partial charge in [-0.3, -0.25) is 9.69 Å². The Balaban J connectivity index is 1.79. The molecule has 0 atom stereocenters. The molecule has 3 nitrogen and oxygen atoms in total. The van der Waals surface area contributed by atoms with Crippen LogP contribution in [0.4, 0.5) is 19.6 Å². The van der Waals surface area contributed by atoms with Crippen molar-refractivity contribution in [2.45, 2.75) is 31.6 Å². The molecule has 1 amide bonds. The number of hydrogen-bond acceptors (Lipinski definition) is 3. The zero-order valence-corrected chi connectivity index (χ0v) is 15.4. The summed E-state index contributed by atoms with van der Waals surface area (Å²) < 4.78 is 30.1. The molecule has 27 heavy (non-hydrogen) atoms. The van der Waals surface area contributed by atoms with Crippen LogP contribution in [0, 0.1) is 0 Å². The molecular formula is C21H18F2N2OS. The van der Waals surface area contributed by atoms with Crippen LogP contribution in [-0.2, 0) is 23.6 Å². The number of benzene rings is 2. The lowest BCUT2D eigenvalue weighted by molar-refractivity contribution is -0.143. The maximum atomic E-state index is 15.0. The van der Waals surface area contributed by atoms with E-state index in [0.717, 1.165) is 41.2 Å². The second-order valence-electron chi connectivity index (χ2n) is 6.49. The van der Waals surface area contributed by atoms with E-state index in [2.05, 4.69) is 4.98 Å². The van der Waals surface area contributed by atoms with Crippen molar-refractivity contribution in [3.05, 3.63) is 76.8 Å². The molecule has 0 radical (unpaired) electrons. The highest BCUT2D eigenvalue weighted by Crippen LogP contribution is 2.39. The minimum atomic E-state index is -3.65. The van der Waals surface area contributed by atoms with Crippen molar-refractivity contribution < 1.29 is 13.6 Å². The van der Waals surface area contributed by atoms with Gasteiger partial charge in [-0.15, -0.1) is 11.3 Å². The van der Waals surface area contributed by atoms with Gasteiger partial charge >= 0.3 is 11.8 Å². The lowest BCUT2D eigenvalue weighted by Gasteiger charge is -2.25. The monoisotopic (exact) mass is 384 g/mol. The number of carbonyl (C=O) groups is 1. The first kappa shape index (κ1) is 17.8. The number of para-hydroxylation sites is 1. The van der Waals surface area contributed by atoms with Gasteiger partial charge in [0.05, 0.1) is 11.4 Å². The SMILES string of the molecule is O=C(N(c1ccccc1)c1nc2c(s1)CCCC2)C(F)(F)c1ccccc1. The molecule has 6 heteroatoms. The van der Waals surface area contributed by atoms with E-state index in [1.54, 1.807) is 36.4 Å². The first-order valence-corrected chi connectivity index (χ1v) is 9.70. The number of alkyl halides is 2. The van der Waals surface area contributed by atoms with Crippen LogP contribution in [0.3, 0.4) is 0 Å². The molecule has 0 unspecified atom stereocenters. The van der Waals surface area contributed by atoms with Gasteiger partial charge in [-0.1, -0.05) is 48.5 Å². The number of aryl methyl sites for hydroxylation is 2. The van der Waals surface area contributed by atoms with E-state index in [1.807, 2.05) is 0 Å². The molecule has 2 aromatic carbocycles. The van der Waals surface area contributed by atoms with Gasteiger partial charge < -0.3 is 0 Å². The highest BCUT2D eigenvalue weighted by atomic mass is 32.1. The number of rotatable bonds is 4. The van der Waals surface area contributed by atoms with E-state index in [1.165, 1.54) is 35.6 Å². The number of fused-ring (bicyclic) bond motifs is 1. The molecule has 138 valence electrons. The van der Waals surface area contributed by atoms with Crippen molar-refractivity contribution in [2.75, 3.05) is 4.90 Å². The molecule has 0 fully saturated rings. The van der Waals surface area contributed by atoms with Crippen molar-refractivity contribution in [1.82, 2.24) is 4.98 Å². The largest absolute Gasteiger partial charge is 0.350 e. The maximum Gasteiger partial charge on any atom is 0.350 e. The van der Waals surface area contributed by atoms with E-state index in [0.29, 0.717) is 10.8 Å². The highest BCUT2D eigenvalue weighted by Gasteiger charge is 2.45. The quantitative estimate of drug-likeness (QED) is 0.597. The number of aromatic nitrogens is 1. The number of amides is 1. The molecule has 1 heterocycles. The summed E-state index contributed by atoms with van der Waals surface area (Å²) in [5.41, 5.74) is 1.000. The molecule has 3 aromatic rings. The van der Waals surface area contributed by atoms with E-state index in [-0.39, 0.29) is 5.56 Å². The molecule has 1 aliphatic carbocycles. The van der Waals surface area contributed by atoms with Gasteiger partial charge in [0.2, 0.25) is 0 Å². The topological polar surface area (TPSA) is 33.2 Å². The second kappa shape index (κ2) is 7.19. The van der Waals surface area contributed by atoms with Gasteiger partial charge in [0.15, 0.2) is 5.13 Å². The number of anilines is 2. The molecule has 0 aliphatic heterocycles. The van der Waals surface area contributed by atoms with Gasteiger partial charge in [0.1, 0.15) is 0 Å². The molecule has 0 saturated heterocycles. The summed E-state index contributed by atoms with van der Waals surface area (Å²) in [4.78, 5) is 19.7. The van der Waals surface area contributed by atoms with Crippen molar-refractivity contribution in [2.24, 2.45) is 0 Å². The summed E-state index contributed by atoms with van der Waals surface area (Å²) >= 11 is 1.34. The Hall–Kier alpha value is -2.60. The van der Waals surface area contributed by atoms with Crippen LogP contribution in [0.5, 0.6) is 0 Å². The van der Waals surface area contributed by atoms with Gasteiger partial charge in [-0.25, -0.2) is 4.98 Å². The molecule has 0 N–H and O–H groups in total. The molecule has 0 spiro atoms. The van der Waals surface area contributed by atoms with Gasteiger partial charge in [0.25, 0.3) is 0 Å². The zero-order chi connectivity index (χ0) is 18.9. The van der Waals surface area contributed by atoms with Gasteiger partial charge in [-0.2, -0.15) is 8.78 Å². The third-order valence-electron chi connectivity index (χ3n) is 4.65. The number of carbonyl (C=O) groups excluding carboxylic acids is 1. The van der Waals surface area contributed by atoms with E-state index >= 15 is 8.78 Å². The normalized spacial score (nSPS) is 13.9. The van der Waals surface area contributed by atoms with E-state index in [9.17, 15) is 4.79 Å². The van der Waals surface area contributed by atoms with E-state index < -0.39 is 11.8 Å². The fourth-order valence-corrected chi connectivity index (χ4v) is 4.40. The summed E-state index contributed by atoms with van der Waals surface area (Å²) in [6, 6.07) is 15.7. The molecule has 0 saturated carbocycles. The molecule has 1 aliphatic rings. The van der Waals surface area contributed by atoms with Crippen LogP contribution in [0.1, 0.15) is 29.0 Å². The standard InChI is InChI=1S/C21H18F2N2OS/c22-21(23,15-9-3-1-4-10-15)19(26)25(16-11-5-2-6-12-16)20-24-17-13-7-8-14-18(17)27-20/h1-6,9-12H,7-8,13-14H2. The third kappa shape index (κ3) is 3.37. The highest BCUT2D eigenvalue weighted by molar-refractivity contribution is 7.16. The Labute approximate surface area is 160 Å². The summed E-state index contributed by atoms with van der Waals surface area (Å²) in [6.07, 6.45) is 3.82. The summed E-state index contributed by atoms with van der Waals surface area (Å²) in [6.45, 7) is 0. The third-order valence-corrected chi connectivity index (χ3v) is 5.79. The average Bonchev–Trinajstić information content (AvgIpc) is 3.13. The van der Waals surface area contributed by atoms with Crippen molar-refractivity contribution in [1.29, 1.82) is 0 Å². The van der Waals surface area contributed by atoms with Crippen LogP contribution in [0.25, 0.3) is 0 Å². The maximum absolute atomic E-state index is 15.0. The van der Waals surface area contributed by atoms with Gasteiger partial charge in [-0.05, 0) is 37.8 Å². The Kier molecular flexibility index (Phi) is 4.74. The molecule has 0 bridgehead atoms. The zero-order valence-electron chi connectivity index (χ0n) is 14.6. The molecule has 1 aromatic heterocycles. The average molecular weight is 384 g/mol. The predicted molar refractivity (Wildman–Crippen MR) is 103 cm³/mol. The first-order chi connectivity index (χ1) is 13.1. The Bertz CT molecular complexity index is 918. The van der Waals surface area contributed by atoms with Crippen molar-refractivity contribution in [3.8, 4) is 0 Å². The minimum Gasteiger partial charge on any atom is -0.267 e. The van der Waals surface area contributed by atoms with Crippen LogP contribution in [0.15, 0.2) is 60.7 Å². The van der Waals surface area contributed by atoms with Crippen LogP contribution >= 0.6 is 11.3 Å². The lowest BCUT2D eigenvalue weighted by atomic mass is 10.0. The summed E-state index contributed by atoms with van der Waals surface area (Å²) in [7, 11) is 0. The van der Waals surface area contributed by atoms with Crippen LogP contribution in [-0.4, -0.2) is 10.9 Å².